The van der Waals surface area contributed by atoms with Gasteiger partial charge in [-0.05, 0) is 44.4 Å². The lowest BCUT2D eigenvalue weighted by atomic mass is 9.96. The van der Waals surface area contributed by atoms with Gasteiger partial charge in [-0.15, -0.1) is 0 Å². The predicted molar refractivity (Wildman–Crippen MR) is 100 cm³/mol. The Kier molecular flexibility index (Phi) is 5.30. The van der Waals surface area contributed by atoms with Crippen LogP contribution in [0.2, 0.25) is 0 Å². The molecule has 2 N–H and O–H groups in total. The molecular formula is C19H25F3N2O4S. The van der Waals surface area contributed by atoms with Crippen molar-refractivity contribution >= 4 is 10.0 Å². The van der Waals surface area contributed by atoms with E-state index in [1.165, 1.54) is 4.31 Å². The average Bonchev–Trinajstić information content (AvgIpc) is 3.38. The summed E-state index contributed by atoms with van der Waals surface area (Å²) in [5.41, 5.74) is -3.79. The van der Waals surface area contributed by atoms with E-state index in [0.717, 1.165) is 24.3 Å². The average molecular weight is 434 g/mol. The first-order chi connectivity index (χ1) is 13.2. The molecule has 0 spiro atoms. The van der Waals surface area contributed by atoms with Gasteiger partial charge >= 0.3 is 6.18 Å². The largest absolute Gasteiger partial charge is 0.421 e. The van der Waals surface area contributed by atoms with Crippen LogP contribution >= 0.6 is 0 Å². The number of hydrogen-bond acceptors (Lipinski definition) is 5. The Balaban J connectivity index is 1.77. The van der Waals surface area contributed by atoms with Gasteiger partial charge in [0.05, 0.1) is 4.90 Å². The third kappa shape index (κ3) is 3.90. The Bertz CT molecular complexity index is 893. The zero-order valence-electron chi connectivity index (χ0n) is 16.3. The minimum absolute atomic E-state index is 0.140. The maximum absolute atomic E-state index is 13.0. The van der Waals surface area contributed by atoms with Gasteiger partial charge in [0, 0.05) is 31.4 Å². The van der Waals surface area contributed by atoms with Crippen LogP contribution in [-0.2, 0) is 15.6 Å². The smallest absolute Gasteiger partial charge is 0.384 e. The lowest BCUT2D eigenvalue weighted by Gasteiger charge is -2.41. The molecule has 6 nitrogen and oxygen atoms in total. The van der Waals surface area contributed by atoms with Crippen molar-refractivity contribution in [3.63, 3.8) is 0 Å². The number of rotatable bonds is 5. The van der Waals surface area contributed by atoms with Crippen LogP contribution in [-0.4, -0.2) is 65.3 Å². The van der Waals surface area contributed by atoms with Crippen LogP contribution in [0.15, 0.2) is 41.4 Å². The van der Waals surface area contributed by atoms with E-state index in [2.05, 4.69) is 6.58 Å². The molecule has 0 bridgehead atoms. The fraction of sp³-hybridized carbons (Fsp3) is 0.579. The highest BCUT2D eigenvalue weighted by Crippen LogP contribution is 2.43. The molecule has 1 heterocycles. The van der Waals surface area contributed by atoms with Crippen molar-refractivity contribution in [2.45, 2.75) is 55.0 Å². The molecule has 1 aliphatic heterocycles. The molecule has 1 saturated carbocycles. The molecule has 0 amide bonds. The maximum Gasteiger partial charge on any atom is 0.421 e. The minimum atomic E-state index is -4.88. The first-order valence-electron chi connectivity index (χ1n) is 9.28. The molecule has 10 heteroatoms. The second kappa shape index (κ2) is 6.97. The topological polar surface area (TPSA) is 81.1 Å². The molecule has 2 aliphatic rings. The van der Waals surface area contributed by atoms with E-state index in [1.54, 1.807) is 6.92 Å². The van der Waals surface area contributed by atoms with Crippen molar-refractivity contribution in [3.05, 3.63) is 42.1 Å². The van der Waals surface area contributed by atoms with Gasteiger partial charge in [-0.25, -0.2) is 8.42 Å². The van der Waals surface area contributed by atoms with Gasteiger partial charge in [0.15, 0.2) is 5.60 Å². The van der Waals surface area contributed by atoms with Gasteiger partial charge < -0.3 is 15.1 Å². The molecule has 1 saturated heterocycles. The molecule has 29 heavy (non-hydrogen) atoms. The normalized spacial score (nSPS) is 24.8. The zero-order chi connectivity index (χ0) is 21.8. The molecule has 1 aromatic carbocycles. The Hall–Kier alpha value is -1.62. The molecule has 1 unspecified atom stereocenters. The van der Waals surface area contributed by atoms with Crippen molar-refractivity contribution in [1.29, 1.82) is 0 Å². The van der Waals surface area contributed by atoms with E-state index in [1.807, 2.05) is 4.90 Å². The number of aliphatic hydroxyl groups is 2. The van der Waals surface area contributed by atoms with E-state index in [0.29, 0.717) is 38.6 Å². The van der Waals surface area contributed by atoms with Crippen molar-refractivity contribution in [3.8, 4) is 0 Å². The van der Waals surface area contributed by atoms with Crippen LogP contribution in [0, 0.1) is 0 Å². The first-order valence-corrected chi connectivity index (χ1v) is 10.7. The molecule has 0 aromatic heterocycles. The molecular weight excluding hydrogens is 409 g/mol. The minimum Gasteiger partial charge on any atom is -0.384 e. The number of piperazine rings is 1. The SMILES string of the molecule is C=C(N1CCN(S(=O)(=O)c2ccc(C(C)(O)C(F)(F)F)cc2)[C@H](C)C1)C1(O)CC1. The van der Waals surface area contributed by atoms with E-state index >= 15 is 0 Å². The summed E-state index contributed by atoms with van der Waals surface area (Å²) < 4.78 is 66.2. The fourth-order valence-electron chi connectivity index (χ4n) is 3.49. The van der Waals surface area contributed by atoms with Gasteiger partial charge in [-0.1, -0.05) is 18.7 Å². The highest BCUT2D eigenvalue weighted by molar-refractivity contribution is 7.89. The summed E-state index contributed by atoms with van der Waals surface area (Å²) in [6.45, 7) is 7.19. The van der Waals surface area contributed by atoms with Crippen LogP contribution < -0.4 is 0 Å². The second-order valence-corrected chi connectivity index (χ2v) is 9.87. The number of halogens is 3. The summed E-state index contributed by atoms with van der Waals surface area (Å²) in [7, 11) is -3.93. The van der Waals surface area contributed by atoms with Gasteiger partial charge in [0.2, 0.25) is 10.0 Å². The van der Waals surface area contributed by atoms with Gasteiger partial charge in [0.1, 0.15) is 5.60 Å². The fourth-order valence-corrected chi connectivity index (χ4v) is 5.11. The molecule has 1 aromatic rings. The highest BCUT2D eigenvalue weighted by atomic mass is 32.2. The molecule has 2 fully saturated rings. The lowest BCUT2D eigenvalue weighted by Crippen LogP contribution is -2.54. The van der Waals surface area contributed by atoms with Gasteiger partial charge in [0.25, 0.3) is 0 Å². The van der Waals surface area contributed by atoms with E-state index in [9.17, 15) is 31.8 Å². The Morgan fingerprint density at radius 2 is 1.76 bits per heavy atom. The van der Waals surface area contributed by atoms with Crippen molar-refractivity contribution in [2.75, 3.05) is 19.6 Å². The van der Waals surface area contributed by atoms with Crippen molar-refractivity contribution in [1.82, 2.24) is 9.21 Å². The Morgan fingerprint density at radius 3 is 2.21 bits per heavy atom. The van der Waals surface area contributed by atoms with Gasteiger partial charge in [-0.2, -0.15) is 17.5 Å². The first kappa shape index (κ1) is 22.1. The van der Waals surface area contributed by atoms with Crippen molar-refractivity contribution in [2.24, 2.45) is 0 Å². The van der Waals surface area contributed by atoms with Crippen LogP contribution in [0.25, 0.3) is 0 Å². The summed E-state index contributed by atoms with van der Waals surface area (Å²) in [4.78, 5) is 1.74. The number of sulfonamides is 1. The summed E-state index contributed by atoms with van der Waals surface area (Å²) in [5, 5.41) is 20.0. The standard InChI is InChI=1S/C19H25F3N2O4S/c1-13-12-23(14(2)18(26)8-9-18)10-11-24(13)29(27,28)16-6-4-15(5-7-16)17(3,25)19(20,21)22/h4-7,13,25-26H,2,8-12H2,1,3H3/t13-,17?/m1/s1. The second-order valence-electron chi connectivity index (χ2n) is 7.98. The Morgan fingerprint density at radius 1 is 1.21 bits per heavy atom. The number of hydrogen-bond donors (Lipinski definition) is 2. The summed E-state index contributed by atoms with van der Waals surface area (Å²) in [5.74, 6) is 0. The molecule has 2 atom stereocenters. The van der Waals surface area contributed by atoms with E-state index in [-0.39, 0.29) is 11.4 Å². The predicted octanol–water partition coefficient (Wildman–Crippen LogP) is 2.19. The third-order valence-corrected chi connectivity index (χ3v) is 7.81. The quantitative estimate of drug-likeness (QED) is 0.743. The maximum atomic E-state index is 13.0. The Labute approximate surface area is 168 Å². The van der Waals surface area contributed by atoms with Crippen LogP contribution in [0.4, 0.5) is 13.2 Å². The van der Waals surface area contributed by atoms with E-state index in [4.69, 9.17) is 0 Å². The number of nitrogens with zero attached hydrogens (tertiary/aromatic N) is 2. The van der Waals surface area contributed by atoms with Crippen molar-refractivity contribution < 1.29 is 31.8 Å². The summed E-state index contributed by atoms with van der Waals surface area (Å²) in [6, 6.07) is 3.70. The molecule has 1 aliphatic carbocycles. The van der Waals surface area contributed by atoms with Crippen LogP contribution in [0.3, 0.4) is 0 Å². The van der Waals surface area contributed by atoms with E-state index < -0.39 is 39.0 Å². The monoisotopic (exact) mass is 434 g/mol. The van der Waals surface area contributed by atoms with Crippen LogP contribution in [0.1, 0.15) is 32.3 Å². The molecule has 162 valence electrons. The number of alkyl halides is 3. The summed E-state index contributed by atoms with van der Waals surface area (Å²) >= 11 is 0. The number of benzene rings is 1. The third-order valence-electron chi connectivity index (χ3n) is 5.78. The molecule has 3 rings (SSSR count). The lowest BCUT2D eigenvalue weighted by molar-refractivity contribution is -0.258. The van der Waals surface area contributed by atoms with Crippen LogP contribution in [0.5, 0.6) is 0 Å². The summed E-state index contributed by atoms with van der Waals surface area (Å²) in [6.07, 6.45) is -3.59. The zero-order valence-corrected chi connectivity index (χ0v) is 17.1. The highest BCUT2D eigenvalue weighted by Gasteiger charge is 2.51. The molecule has 0 radical (unpaired) electrons. The van der Waals surface area contributed by atoms with Gasteiger partial charge in [-0.3, -0.25) is 0 Å².